The minimum absolute atomic E-state index is 0.117. The van der Waals surface area contributed by atoms with Gasteiger partial charge in [0.2, 0.25) is 5.91 Å². The minimum atomic E-state index is -0.613. The molecule has 2 unspecified atom stereocenters. The van der Waals surface area contributed by atoms with Crippen molar-refractivity contribution in [2.75, 3.05) is 18.5 Å². The number of carbonyl (C=O) groups excluding carboxylic acids is 2. The first-order valence-electron chi connectivity index (χ1n) is 8.29. The molecule has 0 fully saturated rings. The summed E-state index contributed by atoms with van der Waals surface area (Å²) in [5.41, 5.74) is 8.55. The topological polar surface area (TPSA) is 102 Å². The standard InChI is InChI=1S/C20H20N2O4/c21-20(25)15-3-1-13(2-4-15)14-5-7-16(8-6-14)22-11-19-18(24)10-9-17(12-23)26-19/h1-10,17,19,22-23H,11-12H2,(H2,21,25). The fourth-order valence-electron chi connectivity index (χ4n) is 2.70. The normalized spacial score (nSPS) is 19.3. The summed E-state index contributed by atoms with van der Waals surface area (Å²) in [6.07, 6.45) is 1.97. The number of rotatable bonds is 6. The van der Waals surface area contributed by atoms with E-state index in [0.717, 1.165) is 16.8 Å². The summed E-state index contributed by atoms with van der Waals surface area (Å²) in [7, 11) is 0. The van der Waals surface area contributed by atoms with Crippen LogP contribution in [0.1, 0.15) is 10.4 Å². The maximum Gasteiger partial charge on any atom is 0.248 e. The average Bonchev–Trinajstić information content (AvgIpc) is 2.68. The van der Waals surface area contributed by atoms with E-state index >= 15 is 0 Å². The van der Waals surface area contributed by atoms with Crippen LogP contribution in [0.25, 0.3) is 11.1 Å². The van der Waals surface area contributed by atoms with Crippen molar-refractivity contribution in [3.8, 4) is 11.1 Å². The molecule has 0 spiro atoms. The molecule has 6 heteroatoms. The molecular formula is C20H20N2O4. The number of ketones is 1. The number of hydrogen-bond acceptors (Lipinski definition) is 5. The fourth-order valence-corrected chi connectivity index (χ4v) is 2.70. The number of ether oxygens (including phenoxy) is 1. The molecule has 1 amide bonds. The Morgan fingerprint density at radius 1 is 1.08 bits per heavy atom. The van der Waals surface area contributed by atoms with Crippen molar-refractivity contribution in [3.63, 3.8) is 0 Å². The van der Waals surface area contributed by atoms with Crippen LogP contribution in [0.15, 0.2) is 60.7 Å². The Morgan fingerprint density at radius 3 is 2.27 bits per heavy atom. The van der Waals surface area contributed by atoms with Crippen LogP contribution < -0.4 is 11.1 Å². The first-order valence-corrected chi connectivity index (χ1v) is 8.29. The van der Waals surface area contributed by atoms with Gasteiger partial charge in [-0.05, 0) is 47.5 Å². The molecule has 4 N–H and O–H groups in total. The molecule has 26 heavy (non-hydrogen) atoms. The third-order valence-electron chi connectivity index (χ3n) is 4.19. The highest BCUT2D eigenvalue weighted by Gasteiger charge is 2.24. The fraction of sp³-hybridized carbons (Fsp3) is 0.200. The summed E-state index contributed by atoms with van der Waals surface area (Å²) in [5.74, 6) is -0.567. The number of amides is 1. The van der Waals surface area contributed by atoms with E-state index in [1.165, 1.54) is 6.08 Å². The van der Waals surface area contributed by atoms with Crippen molar-refractivity contribution >= 4 is 17.4 Å². The number of nitrogens with one attached hydrogen (secondary N) is 1. The lowest BCUT2D eigenvalue weighted by Crippen LogP contribution is -2.38. The Hall–Kier alpha value is -2.96. The molecular weight excluding hydrogens is 332 g/mol. The van der Waals surface area contributed by atoms with Gasteiger partial charge in [0, 0.05) is 17.8 Å². The van der Waals surface area contributed by atoms with E-state index in [2.05, 4.69) is 5.32 Å². The van der Waals surface area contributed by atoms with Gasteiger partial charge >= 0.3 is 0 Å². The van der Waals surface area contributed by atoms with Crippen LogP contribution in [0, 0.1) is 0 Å². The van der Waals surface area contributed by atoms with E-state index < -0.39 is 18.1 Å². The zero-order valence-corrected chi connectivity index (χ0v) is 14.1. The molecule has 2 aromatic carbocycles. The van der Waals surface area contributed by atoms with Gasteiger partial charge in [0.25, 0.3) is 0 Å². The average molecular weight is 352 g/mol. The van der Waals surface area contributed by atoms with Crippen molar-refractivity contribution in [3.05, 3.63) is 66.2 Å². The molecule has 6 nitrogen and oxygen atoms in total. The molecule has 3 rings (SSSR count). The Morgan fingerprint density at radius 2 is 1.69 bits per heavy atom. The van der Waals surface area contributed by atoms with Gasteiger partial charge in [-0.15, -0.1) is 0 Å². The molecule has 2 atom stereocenters. The summed E-state index contributed by atoms with van der Waals surface area (Å²) >= 11 is 0. The maximum atomic E-state index is 11.8. The molecule has 2 aromatic rings. The first-order chi connectivity index (χ1) is 12.6. The van der Waals surface area contributed by atoms with Gasteiger partial charge in [-0.2, -0.15) is 0 Å². The van der Waals surface area contributed by atoms with Crippen LogP contribution in [-0.4, -0.2) is 42.2 Å². The lowest BCUT2D eigenvalue weighted by molar-refractivity contribution is -0.130. The van der Waals surface area contributed by atoms with E-state index in [1.807, 2.05) is 36.4 Å². The van der Waals surface area contributed by atoms with Crippen LogP contribution in [-0.2, 0) is 9.53 Å². The Balaban J connectivity index is 1.62. The number of aliphatic hydroxyl groups excluding tert-OH is 1. The predicted octanol–water partition coefficient (Wildman–Crippen LogP) is 1.75. The molecule has 1 heterocycles. The number of primary amides is 1. The third-order valence-corrected chi connectivity index (χ3v) is 4.19. The molecule has 1 aliphatic heterocycles. The van der Waals surface area contributed by atoms with Crippen LogP contribution in [0.3, 0.4) is 0 Å². The monoisotopic (exact) mass is 352 g/mol. The van der Waals surface area contributed by atoms with Gasteiger partial charge in [-0.25, -0.2) is 0 Å². The summed E-state index contributed by atoms with van der Waals surface area (Å²) in [4.78, 5) is 22.9. The number of nitrogens with two attached hydrogens (primary N) is 1. The smallest absolute Gasteiger partial charge is 0.248 e. The van der Waals surface area contributed by atoms with E-state index in [1.54, 1.807) is 18.2 Å². The van der Waals surface area contributed by atoms with Gasteiger partial charge in [0.1, 0.15) is 12.2 Å². The molecule has 0 radical (unpaired) electrons. The van der Waals surface area contributed by atoms with E-state index in [4.69, 9.17) is 15.6 Å². The molecule has 0 saturated heterocycles. The van der Waals surface area contributed by atoms with Gasteiger partial charge in [0.05, 0.1) is 6.61 Å². The third kappa shape index (κ3) is 4.17. The highest BCUT2D eigenvalue weighted by atomic mass is 16.5. The molecule has 1 aliphatic rings. The summed E-state index contributed by atoms with van der Waals surface area (Å²) in [5, 5.41) is 12.3. The minimum Gasteiger partial charge on any atom is -0.393 e. The first kappa shape index (κ1) is 17.8. The van der Waals surface area contributed by atoms with Crippen LogP contribution in [0.5, 0.6) is 0 Å². The summed E-state index contributed by atoms with van der Waals surface area (Å²) in [6.45, 7) is 0.176. The number of benzene rings is 2. The van der Waals surface area contributed by atoms with Gasteiger partial charge in [-0.1, -0.05) is 24.3 Å². The second-order valence-corrected chi connectivity index (χ2v) is 6.01. The molecule has 134 valence electrons. The molecule has 0 bridgehead atoms. The summed E-state index contributed by atoms with van der Waals surface area (Å²) < 4.78 is 5.51. The highest BCUT2D eigenvalue weighted by molar-refractivity contribution is 5.95. The van der Waals surface area contributed by atoms with Crippen molar-refractivity contribution in [1.29, 1.82) is 0 Å². The van der Waals surface area contributed by atoms with E-state index in [9.17, 15) is 9.59 Å². The van der Waals surface area contributed by atoms with Crippen molar-refractivity contribution in [2.24, 2.45) is 5.73 Å². The van der Waals surface area contributed by atoms with E-state index in [0.29, 0.717) is 12.1 Å². The number of aliphatic hydroxyl groups is 1. The number of hydrogen-bond donors (Lipinski definition) is 3. The maximum absolute atomic E-state index is 11.8. The van der Waals surface area contributed by atoms with Gasteiger partial charge < -0.3 is 20.9 Å². The largest absolute Gasteiger partial charge is 0.393 e. The van der Waals surface area contributed by atoms with E-state index in [-0.39, 0.29) is 12.4 Å². The Kier molecular flexibility index (Phi) is 5.46. The van der Waals surface area contributed by atoms with Crippen LogP contribution >= 0.6 is 0 Å². The summed E-state index contributed by atoms with van der Waals surface area (Å²) in [6, 6.07) is 14.8. The van der Waals surface area contributed by atoms with Crippen LogP contribution in [0.2, 0.25) is 0 Å². The quantitative estimate of drug-likeness (QED) is 0.735. The number of carbonyl (C=O) groups is 2. The molecule has 0 aliphatic carbocycles. The van der Waals surface area contributed by atoms with Crippen molar-refractivity contribution < 1.29 is 19.4 Å². The Bertz CT molecular complexity index is 813. The molecule has 0 aromatic heterocycles. The van der Waals surface area contributed by atoms with Crippen molar-refractivity contribution in [2.45, 2.75) is 12.2 Å². The molecule has 0 saturated carbocycles. The lowest BCUT2D eigenvalue weighted by Gasteiger charge is -2.24. The zero-order chi connectivity index (χ0) is 18.5. The SMILES string of the molecule is NC(=O)c1ccc(-c2ccc(NCC3OC(CO)C=CC3=O)cc2)cc1. The second kappa shape index (κ2) is 7.95. The van der Waals surface area contributed by atoms with Crippen molar-refractivity contribution in [1.82, 2.24) is 0 Å². The number of anilines is 1. The highest BCUT2D eigenvalue weighted by Crippen LogP contribution is 2.22. The predicted molar refractivity (Wildman–Crippen MR) is 98.8 cm³/mol. The second-order valence-electron chi connectivity index (χ2n) is 6.01. The van der Waals surface area contributed by atoms with Gasteiger partial charge in [-0.3, -0.25) is 9.59 Å². The van der Waals surface area contributed by atoms with Crippen LogP contribution in [0.4, 0.5) is 5.69 Å². The Labute approximate surface area is 151 Å². The zero-order valence-electron chi connectivity index (χ0n) is 14.1. The lowest BCUT2D eigenvalue weighted by atomic mass is 10.0. The van der Waals surface area contributed by atoms with Gasteiger partial charge in [0.15, 0.2) is 5.78 Å².